The van der Waals surface area contributed by atoms with Crippen molar-refractivity contribution in [1.29, 1.82) is 0 Å². The van der Waals surface area contributed by atoms with Gasteiger partial charge in [0.05, 0.1) is 12.7 Å². The Morgan fingerprint density at radius 2 is 1.81 bits per heavy atom. The highest BCUT2D eigenvalue weighted by molar-refractivity contribution is 5.89. The first-order valence-corrected chi connectivity index (χ1v) is 8.19. The van der Waals surface area contributed by atoms with Gasteiger partial charge < -0.3 is 20.5 Å². The molecule has 0 aliphatic rings. The number of rotatable bonds is 6. The molecular formula is C19H19N5O3. The average Bonchev–Trinajstić information content (AvgIpc) is 2.67. The quantitative estimate of drug-likeness (QED) is 0.641. The molecule has 2 aromatic carbocycles. The number of aromatic nitrogens is 3. The molecule has 8 heteroatoms. The van der Waals surface area contributed by atoms with E-state index in [4.69, 9.17) is 10.5 Å². The minimum absolute atomic E-state index is 0.0979. The van der Waals surface area contributed by atoms with Crippen LogP contribution in [0.15, 0.2) is 48.5 Å². The summed E-state index contributed by atoms with van der Waals surface area (Å²) in [6.07, 6.45) is 0. The van der Waals surface area contributed by atoms with E-state index in [9.17, 15) is 4.79 Å². The molecule has 0 saturated carbocycles. The molecular weight excluding hydrogens is 346 g/mol. The van der Waals surface area contributed by atoms with E-state index in [2.05, 4.69) is 25.0 Å². The van der Waals surface area contributed by atoms with E-state index in [1.165, 1.54) is 7.11 Å². The number of nitrogens with two attached hydrogens (primary N) is 1. The topological polar surface area (TPSA) is 112 Å². The van der Waals surface area contributed by atoms with Crippen LogP contribution in [0.2, 0.25) is 0 Å². The van der Waals surface area contributed by atoms with Gasteiger partial charge in [-0.25, -0.2) is 4.79 Å². The Kier molecular flexibility index (Phi) is 5.46. The molecule has 0 aliphatic heterocycles. The summed E-state index contributed by atoms with van der Waals surface area (Å²) in [4.78, 5) is 24.0. The van der Waals surface area contributed by atoms with Crippen molar-refractivity contribution in [1.82, 2.24) is 15.0 Å². The summed E-state index contributed by atoms with van der Waals surface area (Å²) in [6, 6.07) is 14.4. The largest absolute Gasteiger partial charge is 0.486 e. The van der Waals surface area contributed by atoms with Gasteiger partial charge in [-0.05, 0) is 42.8 Å². The van der Waals surface area contributed by atoms with Gasteiger partial charge in [0.25, 0.3) is 0 Å². The van der Waals surface area contributed by atoms with Gasteiger partial charge >= 0.3 is 5.97 Å². The van der Waals surface area contributed by atoms with Crippen LogP contribution < -0.4 is 15.8 Å². The lowest BCUT2D eigenvalue weighted by atomic mass is 10.2. The van der Waals surface area contributed by atoms with Gasteiger partial charge in [0.2, 0.25) is 11.9 Å². The minimum Gasteiger partial charge on any atom is -0.486 e. The number of esters is 1. The number of methoxy groups -OCH3 is 1. The molecule has 0 unspecified atom stereocenters. The van der Waals surface area contributed by atoms with Gasteiger partial charge in [-0.15, -0.1) is 0 Å². The van der Waals surface area contributed by atoms with E-state index in [-0.39, 0.29) is 12.6 Å². The Morgan fingerprint density at radius 3 is 2.52 bits per heavy atom. The number of hydrogen-bond acceptors (Lipinski definition) is 8. The second-order valence-electron chi connectivity index (χ2n) is 5.68. The second-order valence-corrected chi connectivity index (χ2v) is 5.68. The summed E-state index contributed by atoms with van der Waals surface area (Å²) in [5, 5.41) is 3.13. The lowest BCUT2D eigenvalue weighted by Gasteiger charge is -2.10. The van der Waals surface area contributed by atoms with Crippen LogP contribution in [0.5, 0.6) is 5.75 Å². The number of carbonyl (C=O) groups excluding carboxylic acids is 1. The van der Waals surface area contributed by atoms with Crippen LogP contribution in [0.1, 0.15) is 21.7 Å². The van der Waals surface area contributed by atoms with Crippen molar-refractivity contribution in [3.63, 3.8) is 0 Å². The number of carbonyl (C=O) groups is 1. The molecule has 138 valence electrons. The number of anilines is 3. The number of nitrogens with one attached hydrogen (secondary N) is 1. The van der Waals surface area contributed by atoms with Crippen molar-refractivity contribution in [2.24, 2.45) is 0 Å². The van der Waals surface area contributed by atoms with Crippen LogP contribution in [0, 0.1) is 6.92 Å². The maximum Gasteiger partial charge on any atom is 0.337 e. The van der Waals surface area contributed by atoms with E-state index in [0.717, 1.165) is 11.3 Å². The third-order valence-electron chi connectivity index (χ3n) is 3.73. The summed E-state index contributed by atoms with van der Waals surface area (Å²) in [5.74, 6) is 0.988. The minimum atomic E-state index is -0.404. The van der Waals surface area contributed by atoms with Gasteiger partial charge in [0.1, 0.15) is 12.4 Å². The Labute approximate surface area is 156 Å². The van der Waals surface area contributed by atoms with Crippen molar-refractivity contribution in [3.8, 4) is 5.75 Å². The lowest BCUT2D eigenvalue weighted by molar-refractivity contribution is 0.0600. The molecule has 8 nitrogen and oxygen atoms in total. The molecule has 0 radical (unpaired) electrons. The number of nitrogens with zero attached hydrogens (tertiary/aromatic N) is 3. The standard InChI is InChI=1S/C19H19N5O3/c1-12-5-3-4-6-15(12)21-19-23-16(22-18(20)24-19)11-27-14-9-7-13(8-10-14)17(25)26-2/h3-10H,11H2,1-2H3,(H3,20,21,22,23,24). The highest BCUT2D eigenvalue weighted by Crippen LogP contribution is 2.18. The van der Waals surface area contributed by atoms with Crippen LogP contribution in [0.4, 0.5) is 17.6 Å². The van der Waals surface area contributed by atoms with Crippen LogP contribution in [-0.2, 0) is 11.3 Å². The first-order valence-electron chi connectivity index (χ1n) is 8.19. The van der Waals surface area contributed by atoms with Crippen molar-refractivity contribution in [3.05, 3.63) is 65.5 Å². The zero-order valence-corrected chi connectivity index (χ0v) is 15.0. The van der Waals surface area contributed by atoms with Crippen molar-refractivity contribution in [2.75, 3.05) is 18.2 Å². The summed E-state index contributed by atoms with van der Waals surface area (Å²) >= 11 is 0. The summed E-state index contributed by atoms with van der Waals surface area (Å²) < 4.78 is 10.3. The number of ether oxygens (including phenoxy) is 2. The van der Waals surface area contributed by atoms with Gasteiger partial charge in [-0.3, -0.25) is 0 Å². The smallest absolute Gasteiger partial charge is 0.337 e. The molecule has 0 atom stereocenters. The van der Waals surface area contributed by atoms with E-state index in [1.807, 2.05) is 31.2 Å². The molecule has 0 aliphatic carbocycles. The van der Waals surface area contributed by atoms with Crippen molar-refractivity contribution in [2.45, 2.75) is 13.5 Å². The first kappa shape index (κ1) is 18.1. The van der Waals surface area contributed by atoms with Gasteiger partial charge in [-0.1, -0.05) is 18.2 Å². The maximum absolute atomic E-state index is 11.4. The Hall–Kier alpha value is -3.68. The van der Waals surface area contributed by atoms with Crippen LogP contribution in [0.25, 0.3) is 0 Å². The van der Waals surface area contributed by atoms with Crippen molar-refractivity contribution < 1.29 is 14.3 Å². The van der Waals surface area contributed by atoms with E-state index >= 15 is 0 Å². The molecule has 0 spiro atoms. The molecule has 0 amide bonds. The normalized spacial score (nSPS) is 10.3. The summed E-state index contributed by atoms with van der Waals surface area (Å²) in [5.41, 5.74) is 8.16. The fourth-order valence-electron chi connectivity index (χ4n) is 2.35. The molecule has 3 aromatic rings. The monoisotopic (exact) mass is 365 g/mol. The second kappa shape index (κ2) is 8.13. The van der Waals surface area contributed by atoms with Gasteiger partial charge in [0.15, 0.2) is 5.82 Å². The SMILES string of the molecule is COC(=O)c1ccc(OCc2nc(N)nc(Nc3ccccc3C)n2)cc1. The fourth-order valence-corrected chi connectivity index (χ4v) is 2.35. The summed E-state index contributed by atoms with van der Waals surface area (Å²) in [6.45, 7) is 2.08. The molecule has 1 heterocycles. The molecule has 3 rings (SSSR count). The molecule has 1 aromatic heterocycles. The third-order valence-corrected chi connectivity index (χ3v) is 3.73. The Balaban J connectivity index is 1.69. The van der Waals surface area contributed by atoms with Crippen molar-refractivity contribution >= 4 is 23.6 Å². The first-order chi connectivity index (χ1) is 13.0. The lowest BCUT2D eigenvalue weighted by Crippen LogP contribution is -2.09. The highest BCUT2D eigenvalue weighted by Gasteiger charge is 2.08. The predicted molar refractivity (Wildman–Crippen MR) is 101 cm³/mol. The molecule has 0 fully saturated rings. The maximum atomic E-state index is 11.4. The van der Waals surface area contributed by atoms with E-state index in [0.29, 0.717) is 23.1 Å². The zero-order valence-electron chi connectivity index (χ0n) is 15.0. The number of nitrogen functional groups attached to an aromatic ring is 1. The number of hydrogen-bond donors (Lipinski definition) is 2. The predicted octanol–water partition coefficient (Wildman–Crippen LogP) is 2.87. The van der Waals surface area contributed by atoms with Crippen LogP contribution in [0.3, 0.4) is 0 Å². The number of benzene rings is 2. The van der Waals surface area contributed by atoms with E-state index in [1.54, 1.807) is 24.3 Å². The van der Waals surface area contributed by atoms with Gasteiger partial charge in [0, 0.05) is 5.69 Å². The Bertz CT molecular complexity index is 944. The molecule has 27 heavy (non-hydrogen) atoms. The van der Waals surface area contributed by atoms with Crippen LogP contribution >= 0.6 is 0 Å². The third kappa shape index (κ3) is 4.69. The summed E-state index contributed by atoms with van der Waals surface area (Å²) in [7, 11) is 1.33. The fraction of sp³-hybridized carbons (Fsp3) is 0.158. The highest BCUT2D eigenvalue weighted by atomic mass is 16.5. The van der Waals surface area contributed by atoms with Crippen LogP contribution in [-0.4, -0.2) is 28.0 Å². The molecule has 0 saturated heterocycles. The molecule has 3 N–H and O–H groups in total. The number of para-hydroxylation sites is 1. The Morgan fingerprint density at radius 1 is 1.07 bits per heavy atom. The number of aryl methyl sites for hydroxylation is 1. The average molecular weight is 365 g/mol. The van der Waals surface area contributed by atoms with Gasteiger partial charge in [-0.2, -0.15) is 15.0 Å². The zero-order chi connectivity index (χ0) is 19.2. The van der Waals surface area contributed by atoms with E-state index < -0.39 is 5.97 Å². The molecule has 0 bridgehead atoms.